The number of rotatable bonds is 6. The lowest BCUT2D eigenvalue weighted by molar-refractivity contribution is -0.286. The maximum Gasteiger partial charge on any atom is 0.341 e. The van der Waals surface area contributed by atoms with Gasteiger partial charge in [-0.3, -0.25) is 19.2 Å². The minimum absolute atomic E-state index is 0.0920. The van der Waals surface area contributed by atoms with E-state index in [4.69, 9.17) is 33.2 Å². The van der Waals surface area contributed by atoms with Crippen molar-refractivity contribution >= 4 is 35.8 Å². The molecule has 4 N–H and O–H groups in total. The number of carbonyl (C=O) groups is 6. The summed E-state index contributed by atoms with van der Waals surface area (Å²) in [5, 5.41) is 41.5. The summed E-state index contributed by atoms with van der Waals surface area (Å²) in [6.07, 6.45) is -8.08. The van der Waals surface area contributed by atoms with E-state index >= 15 is 0 Å². The van der Waals surface area contributed by atoms with Gasteiger partial charge in [-0.15, -0.1) is 0 Å². The van der Waals surface area contributed by atoms with Crippen LogP contribution >= 0.6 is 0 Å². The molecule has 1 spiro atoms. The molecule has 326 valence electrons. The Balaban J connectivity index is 1.26. The van der Waals surface area contributed by atoms with Crippen LogP contribution in [0.4, 0.5) is 0 Å². The molecule has 21 atom stereocenters. The molecule has 0 aromatic heterocycles. The summed E-state index contributed by atoms with van der Waals surface area (Å²) >= 11 is 0. The zero-order valence-electron chi connectivity index (χ0n) is 34.9. The molecule has 3 heterocycles. The number of ether oxygens (including phenoxy) is 7. The third-order valence-electron chi connectivity index (χ3n) is 16.8. The number of benzene rings is 1. The van der Waals surface area contributed by atoms with Crippen LogP contribution < -0.4 is 5.32 Å². The van der Waals surface area contributed by atoms with Crippen LogP contribution in [0.5, 0.6) is 0 Å². The van der Waals surface area contributed by atoms with Crippen LogP contribution in [0.2, 0.25) is 0 Å². The first-order chi connectivity index (χ1) is 28.0. The molecule has 0 bridgehead atoms. The van der Waals surface area contributed by atoms with E-state index in [1.165, 1.54) is 59.1 Å². The molecule has 0 radical (unpaired) electrons. The number of methoxy groups -OCH3 is 1. The second kappa shape index (κ2) is 12.9. The predicted octanol–water partition coefficient (Wildman–Crippen LogP) is 1.07. The van der Waals surface area contributed by atoms with E-state index in [2.05, 4.69) is 5.32 Å². The maximum absolute atomic E-state index is 14.4. The fraction of sp³-hybridized carbons (Fsp3) is 0.721. The quantitative estimate of drug-likeness (QED) is 0.178. The molecule has 0 unspecified atom stereocenters. The van der Waals surface area contributed by atoms with Crippen LogP contribution in [0.15, 0.2) is 24.3 Å². The van der Waals surface area contributed by atoms with Gasteiger partial charge in [0.1, 0.15) is 30.5 Å². The normalized spacial score (nSPS) is 51.0. The van der Waals surface area contributed by atoms with Crippen molar-refractivity contribution in [1.29, 1.82) is 0 Å². The van der Waals surface area contributed by atoms with Gasteiger partial charge in [0.15, 0.2) is 5.60 Å². The average Bonchev–Trinajstić information content (AvgIpc) is 4.09. The van der Waals surface area contributed by atoms with Crippen molar-refractivity contribution in [2.45, 2.75) is 128 Å². The lowest BCUT2D eigenvalue weighted by atomic mass is 9.40. The molecule has 5 saturated carbocycles. The largest absolute Gasteiger partial charge is 0.465 e. The zero-order valence-corrected chi connectivity index (χ0v) is 34.9. The molecule has 17 heteroatoms. The van der Waals surface area contributed by atoms with Gasteiger partial charge in [-0.2, -0.15) is 0 Å². The summed E-state index contributed by atoms with van der Waals surface area (Å²) in [4.78, 5) is 80.0. The molecule has 60 heavy (non-hydrogen) atoms. The van der Waals surface area contributed by atoms with E-state index < -0.39 is 160 Å². The Kier molecular flexibility index (Phi) is 8.89. The summed E-state index contributed by atoms with van der Waals surface area (Å²) in [7, 11) is 1.22. The van der Waals surface area contributed by atoms with Gasteiger partial charge in [0.05, 0.1) is 42.4 Å². The molecule has 17 nitrogen and oxygen atoms in total. The van der Waals surface area contributed by atoms with Gasteiger partial charge in [0.25, 0.3) is 5.91 Å². The highest BCUT2D eigenvalue weighted by molar-refractivity contribution is 5.98. The Hall–Kier alpha value is -4.16. The fourth-order valence-electron chi connectivity index (χ4n) is 14.5. The van der Waals surface area contributed by atoms with E-state index in [1.807, 2.05) is 20.8 Å². The van der Waals surface area contributed by atoms with Crippen molar-refractivity contribution in [3.05, 3.63) is 35.4 Å². The van der Waals surface area contributed by atoms with Gasteiger partial charge < -0.3 is 53.8 Å². The van der Waals surface area contributed by atoms with Crippen LogP contribution in [0.25, 0.3) is 0 Å². The Bertz CT molecular complexity index is 2090. The number of esters is 5. The number of carbonyl (C=O) groups excluding carboxylic acids is 6. The molecule has 1 aromatic rings. The molecule has 1 aromatic carbocycles. The van der Waals surface area contributed by atoms with Gasteiger partial charge >= 0.3 is 29.8 Å². The van der Waals surface area contributed by atoms with Gasteiger partial charge in [-0.05, 0) is 62.1 Å². The lowest BCUT2D eigenvalue weighted by Gasteiger charge is -2.67. The van der Waals surface area contributed by atoms with Crippen LogP contribution in [0, 0.1) is 57.7 Å². The van der Waals surface area contributed by atoms with Gasteiger partial charge in [0.2, 0.25) is 5.79 Å². The Morgan fingerprint density at radius 3 is 2.10 bits per heavy atom. The summed E-state index contributed by atoms with van der Waals surface area (Å²) in [6, 6.07) is 4.77. The van der Waals surface area contributed by atoms with Gasteiger partial charge in [-0.25, -0.2) is 9.59 Å². The first-order valence-electron chi connectivity index (χ1n) is 20.7. The molecule has 1 amide bonds. The highest BCUT2D eigenvalue weighted by Gasteiger charge is 2.93. The van der Waals surface area contributed by atoms with E-state index in [-0.39, 0.29) is 17.5 Å². The number of fused-ring (bicyclic) bond motifs is 9. The van der Waals surface area contributed by atoms with Crippen molar-refractivity contribution < 1.29 is 77.2 Å². The van der Waals surface area contributed by atoms with E-state index in [0.717, 1.165) is 0 Å². The minimum atomic E-state index is -2.17. The third-order valence-corrected chi connectivity index (χ3v) is 16.8. The Morgan fingerprint density at radius 2 is 1.47 bits per heavy atom. The first-order valence-corrected chi connectivity index (χ1v) is 20.7. The first kappa shape index (κ1) is 41.2. The highest BCUT2D eigenvalue weighted by Crippen LogP contribution is 2.81. The summed E-state index contributed by atoms with van der Waals surface area (Å²) in [5.41, 5.74) is -6.22. The molecular formula is C43H53NO16. The smallest absolute Gasteiger partial charge is 0.341 e. The molecule has 8 fully saturated rings. The fourth-order valence-corrected chi connectivity index (χ4v) is 14.5. The average molecular weight is 840 g/mol. The number of hydrogen-bond donors (Lipinski definition) is 4. The molecule has 3 aliphatic heterocycles. The summed E-state index contributed by atoms with van der Waals surface area (Å²) in [6.45, 7) is 12.2. The number of amides is 1. The Labute approximate surface area is 346 Å². The molecule has 8 aliphatic rings. The van der Waals surface area contributed by atoms with Gasteiger partial charge in [0, 0.05) is 54.9 Å². The third kappa shape index (κ3) is 4.97. The van der Waals surface area contributed by atoms with Crippen molar-refractivity contribution in [2.75, 3.05) is 7.11 Å². The van der Waals surface area contributed by atoms with Crippen molar-refractivity contribution in [3.63, 3.8) is 0 Å². The monoisotopic (exact) mass is 839 g/mol. The molecule has 5 aliphatic carbocycles. The summed E-state index contributed by atoms with van der Waals surface area (Å²) in [5.74, 6) is -12.0. The number of nitrogens with one attached hydrogen (secondary N) is 1. The molecular weight excluding hydrogens is 786 g/mol. The van der Waals surface area contributed by atoms with E-state index in [1.54, 1.807) is 6.92 Å². The van der Waals surface area contributed by atoms with Crippen LogP contribution in [0.3, 0.4) is 0 Å². The SMILES string of the molecule is COC(=O)c1cccc(C(=O)N[C@@H]2[C@H](O)[C@H]3[C@@H]4[C@@H](O)[C@@H]5[C@H]([C@H](C)[C@H]6O[C@]67OC(=O)[C@@](C)(O)[C@]57C)[C@@]4(C)[C@@H](OC(C)=O)[C@@H](OC(C)=O)[C@@H]3[C@]3(C)[C@@H]2C[C@@H]2O[C@@H]2[C@@H]3OC(C)=O)c1. The maximum atomic E-state index is 14.4. The lowest BCUT2D eigenvalue weighted by Crippen LogP contribution is -2.77. The Morgan fingerprint density at radius 1 is 0.833 bits per heavy atom. The highest BCUT2D eigenvalue weighted by atomic mass is 16.8. The van der Waals surface area contributed by atoms with E-state index in [0.29, 0.717) is 0 Å². The molecule has 9 rings (SSSR count). The number of aliphatic hydroxyl groups is 3. The second-order valence-corrected chi connectivity index (χ2v) is 19.3. The minimum Gasteiger partial charge on any atom is -0.465 e. The predicted molar refractivity (Wildman–Crippen MR) is 200 cm³/mol. The van der Waals surface area contributed by atoms with Crippen LogP contribution in [-0.2, 0) is 52.3 Å². The zero-order chi connectivity index (χ0) is 43.5. The van der Waals surface area contributed by atoms with Crippen molar-refractivity contribution in [3.8, 4) is 0 Å². The standard InChI is InChI=1S/C43H53NO16/c1-15-24-27(41(7)42(8,53)38(52)60-43(41)33(15)59-43)30(49)25-23-26(32(55-16(2)45)35(40(24,25)6)57-18(4)47)39(5)21(14-22-31(58-22)34(39)56-17(3)46)28(29(23)48)44-36(50)19-11-10-12-20(13-19)37(51)54-9/h10-13,15,21-35,48-49,53H,14H2,1-9H3,(H,44,50)/t15-,21+,22-,23-,24-,25+,26+,27-,28-,29+,30+,31-,32-,33+,34-,35-,39-,40+,41-,42+,43-/m0/s1. The topological polar surface area (TPSA) is 246 Å². The molecule has 3 saturated heterocycles. The number of aliphatic hydroxyl groups excluding tert-OH is 2. The number of hydrogen-bond acceptors (Lipinski definition) is 16. The van der Waals surface area contributed by atoms with E-state index in [9.17, 15) is 44.1 Å². The van der Waals surface area contributed by atoms with Crippen molar-refractivity contribution in [2.24, 2.45) is 57.7 Å². The van der Waals surface area contributed by atoms with Gasteiger partial charge in [-0.1, -0.05) is 26.8 Å². The second-order valence-electron chi connectivity index (χ2n) is 19.3. The van der Waals surface area contributed by atoms with Crippen LogP contribution in [-0.4, -0.2) is 124 Å². The summed E-state index contributed by atoms with van der Waals surface area (Å²) < 4.78 is 41.9. The van der Waals surface area contributed by atoms with Crippen LogP contribution in [0.1, 0.15) is 82.5 Å². The number of epoxide rings is 2. The van der Waals surface area contributed by atoms with Crippen molar-refractivity contribution in [1.82, 2.24) is 5.32 Å².